The molecule has 1 aliphatic carbocycles. The summed E-state index contributed by atoms with van der Waals surface area (Å²) in [5, 5.41) is 11.5. The fourth-order valence-corrected chi connectivity index (χ4v) is 21.0. The maximum atomic E-state index is 11.5. The Labute approximate surface area is 211 Å². The number of hydrogen-bond acceptors (Lipinski definition) is 5. The summed E-state index contributed by atoms with van der Waals surface area (Å²) in [6.07, 6.45) is 6.32. The van der Waals surface area contributed by atoms with Gasteiger partial charge in [0, 0.05) is 0 Å². The molecular weight excluding hydrogens is 533 g/mol. The number of benzene rings is 1. The van der Waals surface area contributed by atoms with E-state index in [2.05, 4.69) is 42.5 Å². The van der Waals surface area contributed by atoms with Crippen molar-refractivity contribution in [3.05, 3.63) is 45.6 Å². The molecule has 5 nitrogen and oxygen atoms in total. The Morgan fingerprint density at radius 3 is 2.06 bits per heavy atom. The van der Waals surface area contributed by atoms with Crippen LogP contribution < -0.4 is 5.48 Å². The summed E-state index contributed by atoms with van der Waals surface area (Å²) in [5.74, 6) is -0.700. The molecule has 1 aromatic rings. The van der Waals surface area contributed by atoms with Gasteiger partial charge in [-0.3, -0.25) is 0 Å². The number of nitrogens with one attached hydrogen (secondary N) is 1. The van der Waals surface area contributed by atoms with Crippen LogP contribution in [0.2, 0.25) is 13.3 Å². The van der Waals surface area contributed by atoms with Crippen molar-refractivity contribution in [2.24, 2.45) is 0 Å². The van der Waals surface area contributed by atoms with Gasteiger partial charge in [0.05, 0.1) is 0 Å². The van der Waals surface area contributed by atoms with Gasteiger partial charge in [-0.1, -0.05) is 0 Å². The maximum absolute atomic E-state index is 11.5. The van der Waals surface area contributed by atoms with E-state index in [1.54, 1.807) is 0 Å². The van der Waals surface area contributed by atoms with Crippen LogP contribution in [-0.2, 0) is 20.9 Å². The molecule has 3 rings (SSSR count). The SMILES string of the molecule is CCC[CH2][Sn](/[CH]=C1/[C@H](O)[C@@H]2OC(C)(C)O[C@@H]2[C@H]1NOCc1ccccc1)([CH2]CCC)[CH2]CCC. The van der Waals surface area contributed by atoms with Gasteiger partial charge in [0.1, 0.15) is 0 Å². The third-order valence-electron chi connectivity index (χ3n) is 7.35. The van der Waals surface area contributed by atoms with Gasteiger partial charge in [0.25, 0.3) is 0 Å². The molecule has 1 heterocycles. The number of hydroxylamine groups is 1. The number of aliphatic hydroxyl groups excluding tert-OH is 1. The van der Waals surface area contributed by atoms with Crippen LogP contribution in [0.5, 0.6) is 0 Å². The van der Waals surface area contributed by atoms with Gasteiger partial charge >= 0.3 is 212 Å². The second-order valence-corrected chi connectivity index (χ2v) is 23.6. The first kappa shape index (κ1) is 28.1. The average molecular weight is 580 g/mol. The summed E-state index contributed by atoms with van der Waals surface area (Å²) in [5.41, 5.74) is 5.49. The van der Waals surface area contributed by atoms with Crippen LogP contribution in [0, 0.1) is 0 Å². The molecular formula is C28H47NO4Sn. The topological polar surface area (TPSA) is 60.0 Å². The molecule has 0 amide bonds. The van der Waals surface area contributed by atoms with Crippen molar-refractivity contribution in [2.75, 3.05) is 0 Å². The molecule has 0 bridgehead atoms. The number of rotatable bonds is 14. The Kier molecular flexibility index (Phi) is 10.9. The van der Waals surface area contributed by atoms with Crippen LogP contribution in [-0.4, -0.2) is 53.6 Å². The Hall–Kier alpha value is -0.441. The van der Waals surface area contributed by atoms with Gasteiger partial charge in [0.2, 0.25) is 0 Å². The average Bonchev–Trinajstić information content (AvgIpc) is 3.26. The molecule has 1 saturated heterocycles. The van der Waals surface area contributed by atoms with E-state index in [0.29, 0.717) is 6.61 Å². The van der Waals surface area contributed by atoms with Crippen molar-refractivity contribution < 1.29 is 19.4 Å². The molecule has 1 aliphatic heterocycles. The molecule has 2 N–H and O–H groups in total. The van der Waals surface area contributed by atoms with Gasteiger partial charge in [-0.15, -0.1) is 0 Å². The number of fused-ring (bicyclic) bond motifs is 1. The van der Waals surface area contributed by atoms with Crippen molar-refractivity contribution in [3.8, 4) is 0 Å². The third kappa shape index (κ3) is 7.30. The molecule has 34 heavy (non-hydrogen) atoms. The van der Waals surface area contributed by atoms with Crippen LogP contribution in [0.1, 0.15) is 78.7 Å². The summed E-state index contributed by atoms with van der Waals surface area (Å²) in [6.45, 7) is 11.2. The van der Waals surface area contributed by atoms with E-state index in [0.717, 1.165) is 11.1 Å². The van der Waals surface area contributed by atoms with Gasteiger partial charge in [0.15, 0.2) is 0 Å². The van der Waals surface area contributed by atoms with Crippen molar-refractivity contribution in [1.29, 1.82) is 0 Å². The van der Waals surface area contributed by atoms with Gasteiger partial charge in [-0.05, 0) is 0 Å². The zero-order valence-corrected chi connectivity index (χ0v) is 24.9. The third-order valence-corrected chi connectivity index (χ3v) is 21.6. The van der Waals surface area contributed by atoms with Crippen molar-refractivity contribution in [2.45, 2.75) is 123 Å². The van der Waals surface area contributed by atoms with Gasteiger partial charge in [-0.25, -0.2) is 0 Å². The summed E-state index contributed by atoms with van der Waals surface area (Å²) in [7, 11) is 0. The van der Waals surface area contributed by atoms with Crippen molar-refractivity contribution in [1.82, 2.24) is 5.48 Å². The monoisotopic (exact) mass is 581 g/mol. The van der Waals surface area contributed by atoms with Crippen LogP contribution in [0.3, 0.4) is 0 Å². The number of ether oxygens (including phenoxy) is 2. The zero-order chi connectivity index (χ0) is 24.6. The summed E-state index contributed by atoms with van der Waals surface area (Å²) in [6, 6.07) is 9.99. The Bertz CT molecular complexity index is 747. The normalized spacial score (nSPS) is 27.4. The predicted molar refractivity (Wildman–Crippen MR) is 141 cm³/mol. The van der Waals surface area contributed by atoms with Crippen LogP contribution in [0.25, 0.3) is 0 Å². The molecule has 0 radical (unpaired) electrons. The number of unbranched alkanes of at least 4 members (excludes halogenated alkanes) is 3. The number of hydrogen-bond donors (Lipinski definition) is 2. The van der Waals surface area contributed by atoms with Crippen molar-refractivity contribution >= 4 is 18.4 Å². The van der Waals surface area contributed by atoms with E-state index >= 15 is 0 Å². The zero-order valence-electron chi connectivity index (χ0n) is 22.0. The Morgan fingerprint density at radius 2 is 1.50 bits per heavy atom. The van der Waals surface area contributed by atoms with Crippen molar-refractivity contribution in [3.63, 3.8) is 0 Å². The summed E-state index contributed by atoms with van der Waals surface area (Å²) >= 11 is -2.65. The first-order valence-electron chi connectivity index (χ1n) is 13.5. The second kappa shape index (κ2) is 13.2. The van der Waals surface area contributed by atoms with E-state index in [1.165, 1.54) is 51.8 Å². The van der Waals surface area contributed by atoms with E-state index < -0.39 is 30.3 Å². The van der Waals surface area contributed by atoms with Gasteiger partial charge in [-0.2, -0.15) is 0 Å². The standard InChI is InChI=1S/C16H20NO4.3C4H9.Sn/c1-10-12(17-19-9-11-7-5-4-6-8-11)14-15(13(10)18)21-16(2,3)20-14;3*1-3-4-2;/h1,4-8,12-15,17-18H,9H2,2-3H3;3*1,3-4H2,2H3;/t12-,13-,14+,15-;;;;/m0..../s1. The fourth-order valence-electron chi connectivity index (χ4n) is 5.51. The molecule has 192 valence electrons. The first-order chi connectivity index (χ1) is 16.3. The molecule has 1 saturated carbocycles. The Balaban J connectivity index is 1.89. The summed E-state index contributed by atoms with van der Waals surface area (Å²) < 4.78 is 19.2. The van der Waals surface area contributed by atoms with Crippen LogP contribution >= 0.6 is 0 Å². The summed E-state index contributed by atoms with van der Waals surface area (Å²) in [4.78, 5) is 6.00. The van der Waals surface area contributed by atoms with Crippen LogP contribution in [0.4, 0.5) is 0 Å². The minimum atomic E-state index is -2.65. The van der Waals surface area contributed by atoms with E-state index in [4.69, 9.17) is 14.3 Å². The fraction of sp³-hybridized carbons (Fsp3) is 0.714. The molecule has 6 heteroatoms. The molecule has 1 aromatic carbocycles. The van der Waals surface area contributed by atoms with E-state index in [9.17, 15) is 5.11 Å². The molecule has 2 aliphatic rings. The van der Waals surface area contributed by atoms with Crippen LogP contribution in [0.15, 0.2) is 40.0 Å². The number of aliphatic hydroxyl groups is 1. The van der Waals surface area contributed by atoms with E-state index in [1.807, 2.05) is 32.0 Å². The van der Waals surface area contributed by atoms with Gasteiger partial charge < -0.3 is 0 Å². The second-order valence-electron chi connectivity index (χ2n) is 10.7. The predicted octanol–water partition coefficient (Wildman–Crippen LogP) is 6.29. The Morgan fingerprint density at radius 1 is 0.941 bits per heavy atom. The molecule has 2 fully saturated rings. The first-order valence-corrected chi connectivity index (χ1v) is 21.2. The van der Waals surface area contributed by atoms with E-state index in [-0.39, 0.29) is 18.2 Å². The molecule has 0 unspecified atom stereocenters. The molecule has 0 aromatic heterocycles. The molecule has 0 spiro atoms. The quantitative estimate of drug-likeness (QED) is 0.200. The minimum absolute atomic E-state index is 0.188. The molecule has 4 atom stereocenters.